The van der Waals surface area contributed by atoms with Gasteiger partial charge in [0.15, 0.2) is 0 Å². The smallest absolute Gasteiger partial charge is 0.243 e. The number of carbonyl (C=O) groups excluding carboxylic acids is 1. The molecule has 0 unspecified atom stereocenters. The van der Waals surface area contributed by atoms with Crippen molar-refractivity contribution in [3.05, 3.63) is 36.9 Å². The molecule has 128 valence electrons. The maximum Gasteiger partial charge on any atom is 0.243 e. The van der Waals surface area contributed by atoms with E-state index >= 15 is 0 Å². The molecule has 0 spiro atoms. The van der Waals surface area contributed by atoms with Crippen LogP contribution in [-0.4, -0.2) is 38.5 Å². The van der Waals surface area contributed by atoms with Gasteiger partial charge in [0.1, 0.15) is 6.09 Å². The predicted molar refractivity (Wildman–Crippen MR) is 88.7 cm³/mol. The van der Waals surface area contributed by atoms with Crippen LogP contribution in [0, 0.1) is 0 Å². The summed E-state index contributed by atoms with van der Waals surface area (Å²) in [6, 6.07) is 5.76. The highest BCUT2D eigenvalue weighted by Crippen LogP contribution is 2.21. The second-order valence-electron chi connectivity index (χ2n) is 5.06. The van der Waals surface area contributed by atoms with Crippen molar-refractivity contribution in [2.45, 2.75) is 31.6 Å². The molecule has 1 aromatic carbocycles. The van der Waals surface area contributed by atoms with Crippen LogP contribution in [0.2, 0.25) is 0 Å². The lowest BCUT2D eigenvalue weighted by Crippen LogP contribution is -2.41. The molecule has 1 amide bonds. The third-order valence-electron chi connectivity index (χ3n) is 3.26. The Bertz CT molecular complexity index is 620. The molecule has 0 aliphatic carbocycles. The highest BCUT2D eigenvalue weighted by atomic mass is 32.2. The molecular weight excluding hydrogens is 316 g/mol. The van der Waals surface area contributed by atoms with E-state index in [-0.39, 0.29) is 11.4 Å². The lowest BCUT2D eigenvalue weighted by atomic mass is 10.3. The van der Waals surface area contributed by atoms with Gasteiger partial charge in [-0.3, -0.25) is 0 Å². The Morgan fingerprint density at radius 2 is 1.70 bits per heavy atom. The van der Waals surface area contributed by atoms with Crippen molar-refractivity contribution in [2.24, 2.45) is 0 Å². The molecule has 0 saturated heterocycles. The van der Waals surface area contributed by atoms with Crippen LogP contribution in [-0.2, 0) is 10.0 Å². The Kier molecular flexibility index (Phi) is 7.25. The number of hydrogen-bond acceptors (Lipinski definition) is 4. The molecule has 0 aliphatic heterocycles. The van der Waals surface area contributed by atoms with Gasteiger partial charge in [0.05, 0.1) is 4.90 Å². The van der Waals surface area contributed by atoms with Crippen molar-refractivity contribution >= 4 is 21.8 Å². The minimum Gasteiger partial charge on any atom is -0.530 e. The molecule has 0 saturated carbocycles. The first-order chi connectivity index (χ1) is 10.9. The molecule has 0 fully saturated rings. The highest BCUT2D eigenvalue weighted by molar-refractivity contribution is 7.89. The normalized spacial score (nSPS) is 11.4. The number of anilines is 1. The van der Waals surface area contributed by atoms with Gasteiger partial charge in [-0.1, -0.05) is 19.9 Å². The fraction of sp³-hybridized carbons (Fsp3) is 0.438. The molecule has 23 heavy (non-hydrogen) atoms. The van der Waals surface area contributed by atoms with Crippen LogP contribution in [0.3, 0.4) is 0 Å². The standard InChI is InChI=1S/C16H24N2O4S/c1-4-11-17(12-5-2)23(21,22)15-9-7-14(8-10-15)18(13-6-3)16(19)20/h6-10H,3-5,11-13H2,1-2H3,(H,19,20)/p-1. The summed E-state index contributed by atoms with van der Waals surface area (Å²) in [5, 5.41) is 11.1. The summed E-state index contributed by atoms with van der Waals surface area (Å²) in [4.78, 5) is 12.2. The molecule has 0 bridgehead atoms. The molecule has 0 atom stereocenters. The summed E-state index contributed by atoms with van der Waals surface area (Å²) in [5.41, 5.74) is 0.349. The van der Waals surface area contributed by atoms with E-state index in [1.165, 1.54) is 34.6 Å². The fourth-order valence-corrected chi connectivity index (χ4v) is 3.84. The maximum absolute atomic E-state index is 12.6. The topological polar surface area (TPSA) is 80.8 Å². The van der Waals surface area contributed by atoms with Gasteiger partial charge < -0.3 is 14.8 Å². The van der Waals surface area contributed by atoms with Crippen LogP contribution in [0.15, 0.2) is 41.8 Å². The second-order valence-corrected chi connectivity index (χ2v) is 7.00. The summed E-state index contributed by atoms with van der Waals surface area (Å²) >= 11 is 0. The van der Waals surface area contributed by atoms with E-state index in [0.29, 0.717) is 18.8 Å². The largest absolute Gasteiger partial charge is 0.530 e. The highest BCUT2D eigenvalue weighted by Gasteiger charge is 2.23. The van der Waals surface area contributed by atoms with Crippen LogP contribution in [0.25, 0.3) is 0 Å². The second kappa shape index (κ2) is 8.69. The van der Waals surface area contributed by atoms with Crippen molar-refractivity contribution < 1.29 is 18.3 Å². The van der Waals surface area contributed by atoms with Crippen LogP contribution in [0.4, 0.5) is 10.5 Å². The molecule has 0 heterocycles. The molecular formula is C16H23N2O4S-. The number of amides is 1. The molecule has 1 aromatic rings. The molecule has 0 aromatic heterocycles. The summed E-state index contributed by atoms with van der Waals surface area (Å²) in [6.45, 7) is 8.34. The van der Waals surface area contributed by atoms with E-state index in [0.717, 1.165) is 17.7 Å². The lowest BCUT2D eigenvalue weighted by molar-refractivity contribution is -0.246. The SMILES string of the molecule is C=CCN(C(=O)[O-])c1ccc(S(=O)(=O)N(CCC)CCC)cc1. The lowest BCUT2D eigenvalue weighted by Gasteiger charge is -2.24. The summed E-state index contributed by atoms with van der Waals surface area (Å²) in [7, 11) is -3.57. The molecule has 1 rings (SSSR count). The first-order valence-electron chi connectivity index (χ1n) is 7.58. The predicted octanol–water partition coefficient (Wildman–Crippen LogP) is 1.83. The van der Waals surface area contributed by atoms with Crippen molar-refractivity contribution in [1.82, 2.24) is 4.31 Å². The van der Waals surface area contributed by atoms with Gasteiger partial charge in [-0.05, 0) is 37.1 Å². The van der Waals surface area contributed by atoms with E-state index in [4.69, 9.17) is 0 Å². The number of rotatable bonds is 9. The van der Waals surface area contributed by atoms with Gasteiger partial charge in [-0.25, -0.2) is 8.42 Å². The van der Waals surface area contributed by atoms with Crippen LogP contribution in [0.5, 0.6) is 0 Å². The van der Waals surface area contributed by atoms with E-state index in [9.17, 15) is 18.3 Å². The number of carboxylic acid groups (broad SMARTS) is 1. The van der Waals surface area contributed by atoms with E-state index in [1.807, 2.05) is 13.8 Å². The molecule has 0 aliphatic rings. The minimum absolute atomic E-state index is 0.0756. The molecule has 7 heteroatoms. The van der Waals surface area contributed by atoms with Gasteiger partial charge in [0.2, 0.25) is 10.0 Å². The Balaban J connectivity index is 3.10. The number of sulfonamides is 1. The monoisotopic (exact) mass is 339 g/mol. The molecule has 0 radical (unpaired) electrons. The van der Waals surface area contributed by atoms with Gasteiger partial charge in [-0.15, -0.1) is 6.58 Å². The van der Waals surface area contributed by atoms with Gasteiger partial charge in [0, 0.05) is 25.3 Å². The first-order valence-corrected chi connectivity index (χ1v) is 9.02. The van der Waals surface area contributed by atoms with Crippen molar-refractivity contribution in [1.29, 1.82) is 0 Å². The summed E-state index contributed by atoms with van der Waals surface area (Å²) in [6.07, 6.45) is 1.54. The minimum atomic E-state index is -3.57. The Morgan fingerprint density at radius 1 is 1.17 bits per heavy atom. The molecule has 0 N–H and O–H groups in total. The van der Waals surface area contributed by atoms with Gasteiger partial charge in [0.25, 0.3) is 0 Å². The third-order valence-corrected chi connectivity index (χ3v) is 5.18. The summed E-state index contributed by atoms with van der Waals surface area (Å²) in [5.74, 6) is 0. The third kappa shape index (κ3) is 4.80. The fourth-order valence-electron chi connectivity index (χ4n) is 2.21. The quantitative estimate of drug-likeness (QED) is 0.643. The zero-order valence-corrected chi connectivity index (χ0v) is 14.4. The van der Waals surface area contributed by atoms with E-state index in [1.54, 1.807) is 0 Å². The number of hydrogen-bond donors (Lipinski definition) is 0. The Labute approximate surface area is 138 Å². The molecule has 6 nitrogen and oxygen atoms in total. The van der Waals surface area contributed by atoms with Crippen LogP contribution in [0.1, 0.15) is 26.7 Å². The van der Waals surface area contributed by atoms with E-state index < -0.39 is 16.1 Å². The Morgan fingerprint density at radius 3 is 2.09 bits per heavy atom. The average Bonchev–Trinajstić information content (AvgIpc) is 2.52. The van der Waals surface area contributed by atoms with E-state index in [2.05, 4.69) is 6.58 Å². The van der Waals surface area contributed by atoms with Crippen molar-refractivity contribution in [2.75, 3.05) is 24.5 Å². The van der Waals surface area contributed by atoms with Crippen molar-refractivity contribution in [3.8, 4) is 0 Å². The van der Waals surface area contributed by atoms with Crippen LogP contribution < -0.4 is 10.0 Å². The number of nitrogens with zero attached hydrogens (tertiary/aromatic N) is 2. The average molecular weight is 339 g/mol. The van der Waals surface area contributed by atoms with Crippen LogP contribution >= 0.6 is 0 Å². The number of carbonyl (C=O) groups is 1. The number of benzene rings is 1. The van der Waals surface area contributed by atoms with Gasteiger partial charge in [-0.2, -0.15) is 4.31 Å². The maximum atomic E-state index is 12.6. The first kappa shape index (κ1) is 19.2. The van der Waals surface area contributed by atoms with Gasteiger partial charge >= 0.3 is 0 Å². The summed E-state index contributed by atoms with van der Waals surface area (Å²) < 4.78 is 26.7. The zero-order valence-electron chi connectivity index (χ0n) is 13.6. The van der Waals surface area contributed by atoms with Crippen molar-refractivity contribution in [3.63, 3.8) is 0 Å². The Hall–Kier alpha value is -1.86. The zero-order chi connectivity index (χ0) is 17.5.